The molecule has 10 heteroatoms. The van der Waals surface area contributed by atoms with Crippen molar-refractivity contribution < 1.29 is 14.3 Å². The molecule has 0 bridgehead atoms. The Kier molecular flexibility index (Phi) is 9.01. The van der Waals surface area contributed by atoms with Crippen LogP contribution in [-0.4, -0.2) is 75.5 Å². The molecule has 0 saturated carbocycles. The van der Waals surface area contributed by atoms with Crippen LogP contribution in [0.5, 0.6) is 5.75 Å². The molecule has 2 amide bonds. The number of carbonyl (C=O) groups is 2. The second kappa shape index (κ2) is 12.8. The van der Waals surface area contributed by atoms with Gasteiger partial charge in [0.1, 0.15) is 17.4 Å². The molecule has 1 atom stereocenters. The first-order valence-corrected chi connectivity index (χ1v) is 14.5. The second-order valence-electron chi connectivity index (χ2n) is 10.5. The summed E-state index contributed by atoms with van der Waals surface area (Å²) in [4.78, 5) is 39.4. The Morgan fingerprint density at radius 1 is 1.15 bits per heavy atom. The zero-order valence-electron chi connectivity index (χ0n) is 23.2. The number of likely N-dealkylation sites (tertiary alicyclic amines) is 2. The summed E-state index contributed by atoms with van der Waals surface area (Å²) in [6.07, 6.45) is 10.1. The molecular formula is C30H37ClN6O3. The topological polar surface area (TPSA) is 92.6 Å². The second-order valence-corrected chi connectivity index (χ2v) is 10.9. The normalized spacial score (nSPS) is 18.4. The van der Waals surface area contributed by atoms with E-state index in [-0.39, 0.29) is 17.9 Å². The van der Waals surface area contributed by atoms with E-state index in [2.05, 4.69) is 15.2 Å². The fourth-order valence-corrected chi connectivity index (χ4v) is 5.92. The number of carbonyl (C=O) groups excluding carboxylic acids is 2. The predicted molar refractivity (Wildman–Crippen MR) is 157 cm³/mol. The maximum atomic E-state index is 13.3. The van der Waals surface area contributed by atoms with Crippen LogP contribution in [0.4, 0.5) is 5.95 Å². The summed E-state index contributed by atoms with van der Waals surface area (Å²) in [6, 6.07) is 7.02. The number of benzene rings is 1. The van der Waals surface area contributed by atoms with Gasteiger partial charge in [0.05, 0.1) is 17.1 Å². The third-order valence-electron chi connectivity index (χ3n) is 7.64. The average Bonchev–Trinajstić information content (AvgIpc) is 3.51. The molecule has 0 aliphatic carbocycles. The highest BCUT2D eigenvalue weighted by atomic mass is 35.5. The summed E-state index contributed by atoms with van der Waals surface area (Å²) >= 11 is 7.03. The fourth-order valence-electron chi connectivity index (χ4n) is 5.61. The summed E-state index contributed by atoms with van der Waals surface area (Å²) in [7, 11) is 0. The summed E-state index contributed by atoms with van der Waals surface area (Å²) in [5.74, 6) is 0.688. The van der Waals surface area contributed by atoms with Crippen LogP contribution in [-0.2, 0) is 4.79 Å². The van der Waals surface area contributed by atoms with Crippen molar-refractivity contribution >= 4 is 40.4 Å². The van der Waals surface area contributed by atoms with Crippen LogP contribution in [0.3, 0.4) is 0 Å². The van der Waals surface area contributed by atoms with Gasteiger partial charge >= 0.3 is 0 Å². The van der Waals surface area contributed by atoms with Crippen LogP contribution >= 0.6 is 11.6 Å². The number of rotatable bonds is 8. The molecule has 9 nitrogen and oxygen atoms in total. The molecule has 2 fully saturated rings. The van der Waals surface area contributed by atoms with Crippen molar-refractivity contribution in [3.63, 3.8) is 0 Å². The number of aryl methyl sites for hydroxylation is 1. The van der Waals surface area contributed by atoms with Crippen LogP contribution in [0.25, 0.3) is 11.0 Å². The fraction of sp³-hybridized carbons (Fsp3) is 0.467. The van der Waals surface area contributed by atoms with Gasteiger partial charge in [-0.25, -0.2) is 4.98 Å². The van der Waals surface area contributed by atoms with Crippen molar-refractivity contribution in [3.8, 4) is 5.75 Å². The van der Waals surface area contributed by atoms with Gasteiger partial charge in [-0.3, -0.25) is 24.8 Å². The number of hydrogen-bond acceptors (Lipinski definition) is 6. The molecular weight excluding hydrogens is 528 g/mol. The highest BCUT2D eigenvalue weighted by Crippen LogP contribution is 2.38. The Balaban J connectivity index is 1.51. The lowest BCUT2D eigenvalue weighted by atomic mass is 10.1. The number of hydrogen-bond donors (Lipinski definition) is 1. The maximum Gasteiger partial charge on any atom is 0.258 e. The SMILES string of the molecule is CC=CC(=O)N1CCCC[C@@H](n2c(NC(=O)c3ccnc(C)c3)nc3ccc(OCCN4CCCC4)c(Cl)c32)C1. The number of pyridine rings is 1. The molecule has 0 spiro atoms. The number of fused-ring (bicyclic) bond motifs is 1. The Hall–Kier alpha value is -3.43. The molecule has 212 valence electrons. The predicted octanol–water partition coefficient (Wildman–Crippen LogP) is 5.25. The first kappa shape index (κ1) is 28.1. The van der Waals surface area contributed by atoms with E-state index in [1.165, 1.54) is 12.8 Å². The lowest BCUT2D eigenvalue weighted by molar-refractivity contribution is -0.126. The quantitative estimate of drug-likeness (QED) is 0.376. The highest BCUT2D eigenvalue weighted by molar-refractivity contribution is 6.36. The van der Waals surface area contributed by atoms with Gasteiger partial charge in [0.15, 0.2) is 0 Å². The van der Waals surface area contributed by atoms with Crippen molar-refractivity contribution in [2.75, 3.05) is 44.6 Å². The highest BCUT2D eigenvalue weighted by Gasteiger charge is 2.28. The van der Waals surface area contributed by atoms with Crippen molar-refractivity contribution in [2.45, 2.75) is 52.0 Å². The van der Waals surface area contributed by atoms with Crippen molar-refractivity contribution in [2.24, 2.45) is 0 Å². The zero-order chi connectivity index (χ0) is 28.1. The van der Waals surface area contributed by atoms with Crippen LogP contribution in [0, 0.1) is 6.92 Å². The lowest BCUT2D eigenvalue weighted by Gasteiger charge is -2.26. The maximum absolute atomic E-state index is 13.3. The van der Waals surface area contributed by atoms with Gasteiger partial charge in [0.25, 0.3) is 5.91 Å². The summed E-state index contributed by atoms with van der Waals surface area (Å²) in [5.41, 5.74) is 2.61. The molecule has 0 unspecified atom stereocenters. The summed E-state index contributed by atoms with van der Waals surface area (Å²) in [6.45, 7) is 8.46. The number of nitrogens with zero attached hydrogens (tertiary/aromatic N) is 5. The van der Waals surface area contributed by atoms with Crippen molar-refractivity contribution in [3.05, 3.63) is 58.9 Å². The molecule has 0 radical (unpaired) electrons. The first-order valence-electron chi connectivity index (χ1n) is 14.2. The number of halogens is 1. The van der Waals surface area contributed by atoms with Gasteiger partial charge in [-0.15, -0.1) is 0 Å². The minimum Gasteiger partial charge on any atom is -0.491 e. The number of amides is 2. The average molecular weight is 565 g/mol. The third kappa shape index (κ3) is 6.31. The summed E-state index contributed by atoms with van der Waals surface area (Å²) in [5, 5.41) is 3.48. The minimum absolute atomic E-state index is 0.0197. The number of imidazole rings is 1. The Morgan fingerprint density at radius 3 is 2.73 bits per heavy atom. The van der Waals surface area contributed by atoms with Crippen LogP contribution in [0.2, 0.25) is 5.02 Å². The molecule has 3 aromatic rings. The Bertz CT molecular complexity index is 1400. The molecule has 2 aliphatic heterocycles. The molecule has 40 heavy (non-hydrogen) atoms. The molecule has 2 saturated heterocycles. The van der Waals surface area contributed by atoms with Gasteiger partial charge < -0.3 is 14.2 Å². The zero-order valence-corrected chi connectivity index (χ0v) is 24.0. The van der Waals surface area contributed by atoms with Crippen molar-refractivity contribution in [1.29, 1.82) is 0 Å². The molecule has 5 rings (SSSR count). The van der Waals surface area contributed by atoms with E-state index in [0.29, 0.717) is 53.0 Å². The molecule has 2 aliphatic rings. The Labute approximate surface area is 240 Å². The largest absolute Gasteiger partial charge is 0.491 e. The monoisotopic (exact) mass is 564 g/mol. The Morgan fingerprint density at radius 2 is 1.95 bits per heavy atom. The standard InChI is InChI=1S/C30H37ClN6O3/c1-3-8-26(38)36-16-5-4-9-23(20-36)37-28-24(33-30(37)34-29(39)22-12-13-32-21(2)19-22)10-11-25(27(28)31)40-18-17-35-14-6-7-15-35/h3,8,10-13,19,23H,4-7,9,14-18,20H2,1-2H3,(H,33,34,39)/t23-/m1/s1. The van der Waals surface area contributed by atoms with Crippen LogP contribution < -0.4 is 10.1 Å². The molecule has 1 aromatic carbocycles. The van der Waals surface area contributed by atoms with Gasteiger partial charge in [-0.05, 0) is 89.4 Å². The lowest BCUT2D eigenvalue weighted by Crippen LogP contribution is -2.34. The van der Waals surface area contributed by atoms with E-state index in [1.807, 2.05) is 35.4 Å². The van der Waals surface area contributed by atoms with Gasteiger partial charge in [-0.2, -0.15) is 0 Å². The number of aromatic nitrogens is 3. The number of anilines is 1. The summed E-state index contributed by atoms with van der Waals surface area (Å²) < 4.78 is 8.15. The van der Waals surface area contributed by atoms with Crippen LogP contribution in [0.1, 0.15) is 61.1 Å². The molecule has 4 heterocycles. The number of ether oxygens (including phenoxy) is 1. The van der Waals surface area contributed by atoms with E-state index in [9.17, 15) is 9.59 Å². The number of allylic oxidation sites excluding steroid dienone is 1. The molecule has 2 aromatic heterocycles. The van der Waals surface area contributed by atoms with Gasteiger partial charge in [-0.1, -0.05) is 17.7 Å². The van der Waals surface area contributed by atoms with E-state index < -0.39 is 0 Å². The van der Waals surface area contributed by atoms with E-state index >= 15 is 0 Å². The minimum atomic E-state index is -0.282. The van der Waals surface area contributed by atoms with E-state index in [0.717, 1.165) is 44.6 Å². The van der Waals surface area contributed by atoms with E-state index in [1.54, 1.807) is 30.5 Å². The third-order valence-corrected chi connectivity index (χ3v) is 8.00. The van der Waals surface area contributed by atoms with E-state index in [4.69, 9.17) is 21.3 Å². The van der Waals surface area contributed by atoms with Gasteiger partial charge in [0.2, 0.25) is 11.9 Å². The van der Waals surface area contributed by atoms with Crippen LogP contribution in [0.15, 0.2) is 42.6 Å². The van der Waals surface area contributed by atoms with Crippen molar-refractivity contribution in [1.82, 2.24) is 24.3 Å². The first-order chi connectivity index (χ1) is 19.4. The number of nitrogens with one attached hydrogen (secondary N) is 1. The molecule has 1 N–H and O–H groups in total. The smallest absolute Gasteiger partial charge is 0.258 e. The van der Waals surface area contributed by atoms with Gasteiger partial charge in [0, 0.05) is 37.1 Å².